The molecule has 0 saturated carbocycles. The fourth-order valence-corrected chi connectivity index (χ4v) is 4.31. The summed E-state index contributed by atoms with van der Waals surface area (Å²) in [7, 11) is -2.42. The largest absolute Gasteiger partial charge is 0.478 e. The lowest BCUT2D eigenvalue weighted by atomic mass is 10.1. The van der Waals surface area contributed by atoms with Gasteiger partial charge in [0.2, 0.25) is 10.0 Å². The predicted octanol–water partition coefficient (Wildman–Crippen LogP) is 2.16. The van der Waals surface area contributed by atoms with Crippen LogP contribution in [0.4, 0.5) is 0 Å². The number of carboxylic acid groups (broad SMARTS) is 1. The summed E-state index contributed by atoms with van der Waals surface area (Å²) >= 11 is 3.20. The first-order chi connectivity index (χ1) is 9.50. The summed E-state index contributed by atoms with van der Waals surface area (Å²) in [5.41, 5.74) is -0.374. The molecule has 0 bridgehead atoms. The number of aromatic carboxylic acids is 1. The summed E-state index contributed by atoms with van der Waals surface area (Å²) in [6.45, 7) is 5.17. The lowest BCUT2D eigenvalue weighted by molar-refractivity contribution is 0.0696. The van der Waals surface area contributed by atoms with Crippen LogP contribution in [0, 0.1) is 6.92 Å². The molecule has 21 heavy (non-hydrogen) atoms. The van der Waals surface area contributed by atoms with E-state index in [2.05, 4.69) is 20.7 Å². The van der Waals surface area contributed by atoms with Crippen molar-refractivity contribution in [2.75, 3.05) is 13.7 Å². The zero-order valence-corrected chi connectivity index (χ0v) is 14.6. The van der Waals surface area contributed by atoms with E-state index >= 15 is 0 Å². The number of rotatable bonds is 6. The molecule has 0 aliphatic heterocycles. The molecule has 6 nitrogen and oxygen atoms in total. The molecule has 8 heteroatoms. The van der Waals surface area contributed by atoms with Gasteiger partial charge in [0.25, 0.3) is 0 Å². The first-order valence-electron chi connectivity index (χ1n) is 6.06. The third-order valence-electron chi connectivity index (χ3n) is 2.67. The van der Waals surface area contributed by atoms with Crippen molar-refractivity contribution in [2.24, 2.45) is 0 Å². The molecule has 0 spiro atoms. The minimum Gasteiger partial charge on any atom is -0.478 e. The highest BCUT2D eigenvalue weighted by atomic mass is 79.9. The first-order valence-corrected chi connectivity index (χ1v) is 8.34. The third-order valence-corrected chi connectivity index (χ3v) is 5.71. The molecule has 1 rings (SSSR count). The molecular formula is C13H18BrNO5S. The third kappa shape index (κ3) is 4.50. The molecule has 0 aliphatic carbocycles. The molecule has 0 aliphatic rings. The monoisotopic (exact) mass is 379 g/mol. The highest BCUT2D eigenvalue weighted by Crippen LogP contribution is 2.28. The molecule has 0 aromatic heterocycles. The average molecular weight is 380 g/mol. The maximum Gasteiger partial charge on any atom is 0.335 e. The zero-order chi connectivity index (χ0) is 16.4. The van der Waals surface area contributed by atoms with Gasteiger partial charge in [-0.15, -0.1) is 0 Å². The summed E-state index contributed by atoms with van der Waals surface area (Å²) in [5.74, 6) is -1.18. The van der Waals surface area contributed by atoms with Gasteiger partial charge in [0.15, 0.2) is 0 Å². The molecule has 0 radical (unpaired) electrons. The van der Waals surface area contributed by atoms with E-state index in [0.29, 0.717) is 10.0 Å². The van der Waals surface area contributed by atoms with Gasteiger partial charge in [-0.2, -0.15) is 0 Å². The number of ether oxygens (including phenoxy) is 1. The number of sulfonamides is 1. The lowest BCUT2D eigenvalue weighted by Gasteiger charge is -2.25. The van der Waals surface area contributed by atoms with Gasteiger partial charge in [0, 0.05) is 11.6 Å². The number of aryl methyl sites for hydroxylation is 1. The van der Waals surface area contributed by atoms with E-state index in [9.17, 15) is 13.2 Å². The topological polar surface area (TPSA) is 92.7 Å². The van der Waals surface area contributed by atoms with Gasteiger partial charge in [-0.05, 0) is 54.4 Å². The van der Waals surface area contributed by atoms with Gasteiger partial charge >= 0.3 is 5.97 Å². The Morgan fingerprint density at radius 2 is 2.00 bits per heavy atom. The fourth-order valence-electron chi connectivity index (χ4n) is 1.87. The van der Waals surface area contributed by atoms with Gasteiger partial charge in [-0.3, -0.25) is 0 Å². The summed E-state index contributed by atoms with van der Waals surface area (Å²) in [4.78, 5) is 11.0. The highest BCUT2D eigenvalue weighted by molar-refractivity contribution is 9.10. The van der Waals surface area contributed by atoms with Gasteiger partial charge < -0.3 is 9.84 Å². The van der Waals surface area contributed by atoms with E-state index in [1.54, 1.807) is 20.8 Å². The number of nitrogens with one attached hydrogen (secondary N) is 1. The molecule has 0 unspecified atom stereocenters. The Hall–Kier alpha value is -0.960. The zero-order valence-electron chi connectivity index (χ0n) is 12.2. The number of halogens is 1. The molecule has 1 aromatic rings. The van der Waals surface area contributed by atoms with E-state index in [-0.39, 0.29) is 17.1 Å². The van der Waals surface area contributed by atoms with E-state index < -0.39 is 21.5 Å². The van der Waals surface area contributed by atoms with Gasteiger partial charge in [0.05, 0.1) is 22.6 Å². The van der Waals surface area contributed by atoms with Crippen LogP contribution in [0.1, 0.15) is 29.8 Å². The lowest BCUT2D eigenvalue weighted by Crippen LogP contribution is -2.46. The maximum atomic E-state index is 12.5. The highest BCUT2D eigenvalue weighted by Gasteiger charge is 2.29. The normalized spacial score (nSPS) is 12.4. The van der Waals surface area contributed by atoms with Crippen LogP contribution in [0.5, 0.6) is 0 Å². The van der Waals surface area contributed by atoms with Crippen LogP contribution >= 0.6 is 15.9 Å². The van der Waals surface area contributed by atoms with E-state index in [1.807, 2.05) is 0 Å². The second-order valence-corrected chi connectivity index (χ2v) is 7.78. The van der Waals surface area contributed by atoms with Gasteiger partial charge in [-0.1, -0.05) is 0 Å². The molecule has 118 valence electrons. The van der Waals surface area contributed by atoms with Crippen LogP contribution in [0.25, 0.3) is 0 Å². The Bertz CT molecular complexity index is 655. The number of carbonyl (C=O) groups is 1. The molecule has 0 heterocycles. The van der Waals surface area contributed by atoms with Crippen LogP contribution in [-0.2, 0) is 14.8 Å². The Balaban J connectivity index is 3.35. The Kier molecular flexibility index (Phi) is 5.54. The molecule has 0 fully saturated rings. The fraction of sp³-hybridized carbons (Fsp3) is 0.462. The van der Waals surface area contributed by atoms with Crippen LogP contribution < -0.4 is 4.72 Å². The summed E-state index contributed by atoms with van der Waals surface area (Å²) < 4.78 is 32.8. The van der Waals surface area contributed by atoms with Gasteiger partial charge in [-0.25, -0.2) is 17.9 Å². The SMILES string of the molecule is COCC(C)(C)NS(=O)(=O)c1cc(C(=O)O)cc(C)c1Br. The first kappa shape index (κ1) is 18.1. The summed E-state index contributed by atoms with van der Waals surface area (Å²) in [5, 5.41) is 9.06. The van der Waals surface area contributed by atoms with Gasteiger partial charge in [0.1, 0.15) is 0 Å². The van der Waals surface area contributed by atoms with Crippen molar-refractivity contribution in [3.05, 3.63) is 27.7 Å². The molecule has 2 N–H and O–H groups in total. The van der Waals surface area contributed by atoms with E-state index in [4.69, 9.17) is 9.84 Å². The quantitative estimate of drug-likeness (QED) is 0.789. The molecule has 0 amide bonds. The van der Waals surface area contributed by atoms with Crippen LogP contribution in [0.2, 0.25) is 0 Å². The summed E-state index contributed by atoms with van der Waals surface area (Å²) in [6.07, 6.45) is 0. The minimum absolute atomic E-state index is 0.0828. The smallest absolute Gasteiger partial charge is 0.335 e. The number of methoxy groups -OCH3 is 1. The van der Waals surface area contributed by atoms with Crippen molar-refractivity contribution in [1.82, 2.24) is 4.72 Å². The molecular weight excluding hydrogens is 362 g/mol. The molecule has 0 atom stereocenters. The molecule has 0 saturated heterocycles. The van der Waals surface area contributed by atoms with Crippen molar-refractivity contribution in [1.29, 1.82) is 0 Å². The van der Waals surface area contributed by atoms with Crippen molar-refractivity contribution in [3.63, 3.8) is 0 Å². The standard InChI is InChI=1S/C13H18BrNO5S/c1-8-5-9(12(16)17)6-10(11(8)14)21(18,19)15-13(2,3)7-20-4/h5-6,15H,7H2,1-4H3,(H,16,17). The minimum atomic E-state index is -3.89. The Morgan fingerprint density at radius 3 is 2.48 bits per heavy atom. The van der Waals surface area contributed by atoms with Crippen molar-refractivity contribution in [3.8, 4) is 0 Å². The number of hydrogen-bond donors (Lipinski definition) is 2. The van der Waals surface area contributed by atoms with Crippen molar-refractivity contribution >= 4 is 31.9 Å². The van der Waals surface area contributed by atoms with Crippen molar-refractivity contribution in [2.45, 2.75) is 31.2 Å². The summed E-state index contributed by atoms with van der Waals surface area (Å²) in [6, 6.07) is 2.54. The number of carboxylic acids is 1. The van der Waals surface area contributed by atoms with Crippen molar-refractivity contribution < 1.29 is 23.1 Å². The van der Waals surface area contributed by atoms with Crippen LogP contribution in [-0.4, -0.2) is 38.7 Å². The number of benzene rings is 1. The van der Waals surface area contributed by atoms with E-state index in [1.165, 1.54) is 13.2 Å². The Labute approximate surface area is 132 Å². The number of hydrogen-bond acceptors (Lipinski definition) is 4. The van der Waals surface area contributed by atoms with Crippen LogP contribution in [0.3, 0.4) is 0 Å². The second-order valence-electron chi connectivity index (χ2n) is 5.33. The maximum absolute atomic E-state index is 12.5. The van der Waals surface area contributed by atoms with Crippen LogP contribution in [0.15, 0.2) is 21.5 Å². The Morgan fingerprint density at radius 1 is 1.43 bits per heavy atom. The molecule has 1 aromatic carbocycles. The predicted molar refractivity (Wildman–Crippen MR) is 82.1 cm³/mol. The van der Waals surface area contributed by atoms with E-state index in [0.717, 1.165) is 6.07 Å². The second kappa shape index (κ2) is 6.43. The average Bonchev–Trinajstić information content (AvgIpc) is 2.30.